The maximum atomic E-state index is 11.4. The van der Waals surface area contributed by atoms with Crippen LogP contribution in [0.5, 0.6) is 0 Å². The van der Waals surface area contributed by atoms with Crippen molar-refractivity contribution >= 4 is 29.0 Å². The monoisotopic (exact) mass is 213 g/mol. The molecule has 0 radical (unpaired) electrons. The van der Waals surface area contributed by atoms with Crippen molar-refractivity contribution in [1.82, 2.24) is 9.88 Å². The lowest BCUT2D eigenvalue weighted by molar-refractivity contribution is -0.114. The number of anilines is 1. The van der Waals surface area contributed by atoms with Gasteiger partial charge in [0.25, 0.3) is 5.91 Å². The lowest BCUT2D eigenvalue weighted by Gasteiger charge is -2.06. The molecule has 0 unspecified atom stereocenters. The SMILES string of the molecule is CC(=O)Nc1csc(C(=O)N(C)C)n1. The first-order valence-electron chi connectivity index (χ1n) is 3.95. The zero-order valence-corrected chi connectivity index (χ0v) is 9.01. The molecule has 76 valence electrons. The lowest BCUT2D eigenvalue weighted by atomic mass is 10.6. The van der Waals surface area contributed by atoms with Crippen LogP contribution in [-0.4, -0.2) is 35.8 Å². The van der Waals surface area contributed by atoms with Crippen molar-refractivity contribution in [3.8, 4) is 0 Å². The Balaban J connectivity index is 2.77. The molecule has 0 spiro atoms. The minimum atomic E-state index is -0.195. The minimum Gasteiger partial charge on any atom is -0.343 e. The summed E-state index contributed by atoms with van der Waals surface area (Å²) in [5.41, 5.74) is 0. The number of thiazole rings is 1. The van der Waals surface area contributed by atoms with Gasteiger partial charge in [-0.2, -0.15) is 0 Å². The second kappa shape index (κ2) is 4.19. The van der Waals surface area contributed by atoms with E-state index in [0.717, 1.165) is 0 Å². The van der Waals surface area contributed by atoms with E-state index in [0.29, 0.717) is 10.8 Å². The number of carbonyl (C=O) groups is 2. The average Bonchev–Trinajstić information content (AvgIpc) is 2.50. The van der Waals surface area contributed by atoms with Crippen LogP contribution in [0.3, 0.4) is 0 Å². The first kappa shape index (κ1) is 10.6. The second-order valence-electron chi connectivity index (χ2n) is 2.92. The molecule has 5 nitrogen and oxygen atoms in total. The van der Waals surface area contributed by atoms with Crippen LogP contribution in [0, 0.1) is 0 Å². The van der Waals surface area contributed by atoms with Crippen LogP contribution in [-0.2, 0) is 4.79 Å². The van der Waals surface area contributed by atoms with Crippen molar-refractivity contribution in [2.24, 2.45) is 0 Å². The number of hydrogen-bond acceptors (Lipinski definition) is 4. The van der Waals surface area contributed by atoms with Gasteiger partial charge in [-0.15, -0.1) is 11.3 Å². The summed E-state index contributed by atoms with van der Waals surface area (Å²) in [5.74, 6) is 0.0680. The zero-order chi connectivity index (χ0) is 10.7. The number of nitrogens with zero attached hydrogens (tertiary/aromatic N) is 2. The Bertz CT molecular complexity index is 359. The van der Waals surface area contributed by atoms with Crippen molar-refractivity contribution < 1.29 is 9.59 Å². The highest BCUT2D eigenvalue weighted by Crippen LogP contribution is 2.15. The molecule has 0 aromatic carbocycles. The van der Waals surface area contributed by atoms with Crippen LogP contribution in [0.25, 0.3) is 0 Å². The smallest absolute Gasteiger partial charge is 0.282 e. The minimum absolute atomic E-state index is 0.161. The fraction of sp³-hybridized carbons (Fsp3) is 0.375. The van der Waals surface area contributed by atoms with Crippen LogP contribution < -0.4 is 5.32 Å². The Morgan fingerprint density at radius 3 is 2.64 bits per heavy atom. The molecule has 2 amide bonds. The fourth-order valence-electron chi connectivity index (χ4n) is 0.801. The number of rotatable bonds is 2. The van der Waals surface area contributed by atoms with E-state index in [2.05, 4.69) is 10.3 Å². The third kappa shape index (κ3) is 2.53. The van der Waals surface area contributed by atoms with E-state index >= 15 is 0 Å². The maximum Gasteiger partial charge on any atom is 0.282 e. The van der Waals surface area contributed by atoms with E-state index < -0.39 is 0 Å². The van der Waals surface area contributed by atoms with Gasteiger partial charge in [-0.1, -0.05) is 0 Å². The third-order valence-electron chi connectivity index (χ3n) is 1.40. The van der Waals surface area contributed by atoms with Gasteiger partial charge in [0.1, 0.15) is 5.82 Å². The number of amides is 2. The van der Waals surface area contributed by atoms with E-state index in [1.807, 2.05) is 0 Å². The van der Waals surface area contributed by atoms with E-state index in [1.54, 1.807) is 19.5 Å². The predicted molar refractivity (Wildman–Crippen MR) is 54.4 cm³/mol. The highest BCUT2D eigenvalue weighted by molar-refractivity contribution is 7.12. The summed E-state index contributed by atoms with van der Waals surface area (Å²) in [6, 6.07) is 0. The molecule has 0 atom stereocenters. The fourth-order valence-corrected chi connectivity index (χ4v) is 1.57. The predicted octanol–water partition coefficient (Wildman–Crippen LogP) is 0.803. The van der Waals surface area contributed by atoms with Gasteiger partial charge in [-0.25, -0.2) is 4.98 Å². The van der Waals surface area contributed by atoms with Crippen LogP contribution in [0.1, 0.15) is 16.7 Å². The Labute approximate surface area is 85.7 Å². The molecule has 1 heterocycles. The van der Waals surface area contributed by atoms with E-state index in [9.17, 15) is 9.59 Å². The second-order valence-corrected chi connectivity index (χ2v) is 3.78. The molecule has 1 N–H and O–H groups in total. The van der Waals surface area contributed by atoms with Crippen molar-refractivity contribution in [1.29, 1.82) is 0 Å². The number of hydrogen-bond donors (Lipinski definition) is 1. The third-order valence-corrected chi connectivity index (χ3v) is 2.23. The molecule has 6 heteroatoms. The van der Waals surface area contributed by atoms with Gasteiger partial charge in [0.05, 0.1) is 0 Å². The van der Waals surface area contributed by atoms with Gasteiger partial charge in [-0.05, 0) is 0 Å². The highest BCUT2D eigenvalue weighted by Gasteiger charge is 2.12. The normalized spacial score (nSPS) is 9.64. The van der Waals surface area contributed by atoms with E-state index in [-0.39, 0.29) is 11.8 Å². The Hall–Kier alpha value is -1.43. The topological polar surface area (TPSA) is 62.3 Å². The molecule has 0 fully saturated rings. The van der Waals surface area contributed by atoms with Gasteiger partial charge in [0, 0.05) is 26.4 Å². The van der Waals surface area contributed by atoms with Gasteiger partial charge >= 0.3 is 0 Å². The standard InChI is InChI=1S/C8H11N3O2S/c1-5(12)9-6-4-14-7(10-6)8(13)11(2)3/h4H,1-3H3,(H,9,12). The number of carbonyl (C=O) groups excluding carboxylic acids is 2. The molecule has 1 rings (SSSR count). The lowest BCUT2D eigenvalue weighted by Crippen LogP contribution is -2.21. The van der Waals surface area contributed by atoms with Gasteiger partial charge in [-0.3, -0.25) is 9.59 Å². The molecule has 14 heavy (non-hydrogen) atoms. The molecular weight excluding hydrogens is 202 g/mol. The Morgan fingerprint density at radius 2 is 2.14 bits per heavy atom. The maximum absolute atomic E-state index is 11.4. The zero-order valence-electron chi connectivity index (χ0n) is 8.20. The summed E-state index contributed by atoms with van der Waals surface area (Å²) < 4.78 is 0. The summed E-state index contributed by atoms with van der Waals surface area (Å²) in [6.45, 7) is 1.40. The Kier molecular flexibility index (Phi) is 3.19. The number of nitrogens with one attached hydrogen (secondary N) is 1. The van der Waals surface area contributed by atoms with Crippen LogP contribution in [0.2, 0.25) is 0 Å². The summed E-state index contributed by atoms with van der Waals surface area (Å²) in [7, 11) is 3.31. The van der Waals surface area contributed by atoms with Crippen molar-refractivity contribution in [2.45, 2.75) is 6.92 Å². The first-order chi connectivity index (χ1) is 6.50. The van der Waals surface area contributed by atoms with Crippen molar-refractivity contribution in [2.75, 3.05) is 19.4 Å². The molecule has 0 saturated heterocycles. The summed E-state index contributed by atoms with van der Waals surface area (Å²) in [4.78, 5) is 27.5. The van der Waals surface area contributed by atoms with Gasteiger partial charge < -0.3 is 10.2 Å². The quantitative estimate of drug-likeness (QED) is 0.790. The Morgan fingerprint density at radius 1 is 1.50 bits per heavy atom. The molecule has 0 aliphatic rings. The van der Waals surface area contributed by atoms with Crippen molar-refractivity contribution in [3.63, 3.8) is 0 Å². The summed E-state index contributed by atoms with van der Waals surface area (Å²) >= 11 is 1.21. The molecular formula is C8H11N3O2S. The summed E-state index contributed by atoms with van der Waals surface area (Å²) in [6.07, 6.45) is 0. The van der Waals surface area contributed by atoms with Gasteiger partial charge in [0.2, 0.25) is 5.91 Å². The van der Waals surface area contributed by atoms with Crippen LogP contribution >= 0.6 is 11.3 Å². The largest absolute Gasteiger partial charge is 0.343 e. The van der Waals surface area contributed by atoms with Crippen LogP contribution in [0.4, 0.5) is 5.82 Å². The van der Waals surface area contributed by atoms with Crippen LogP contribution in [0.15, 0.2) is 5.38 Å². The van der Waals surface area contributed by atoms with Gasteiger partial charge in [0.15, 0.2) is 5.01 Å². The number of aromatic nitrogens is 1. The molecule has 0 saturated carbocycles. The molecule has 1 aromatic heterocycles. The van der Waals surface area contributed by atoms with E-state index in [4.69, 9.17) is 0 Å². The molecule has 1 aromatic rings. The van der Waals surface area contributed by atoms with E-state index in [1.165, 1.54) is 23.2 Å². The summed E-state index contributed by atoms with van der Waals surface area (Å²) in [5, 5.41) is 4.52. The molecule has 0 aliphatic carbocycles. The highest BCUT2D eigenvalue weighted by atomic mass is 32.1. The first-order valence-corrected chi connectivity index (χ1v) is 4.83. The van der Waals surface area contributed by atoms with Crippen molar-refractivity contribution in [3.05, 3.63) is 10.4 Å². The average molecular weight is 213 g/mol. The molecule has 0 bridgehead atoms. The molecule has 0 aliphatic heterocycles.